The molecule has 1 aliphatic carbocycles. The molecule has 3 rings (SSSR count). The number of hydrogen-bond acceptors (Lipinski definition) is 1. The van der Waals surface area contributed by atoms with Crippen molar-refractivity contribution < 1.29 is 10.1 Å². The lowest BCUT2D eigenvalue weighted by Gasteiger charge is -2.45. The zero-order valence-electron chi connectivity index (χ0n) is 14.8. The molecule has 126 valence electrons. The molecular formula is C20H31N2O+. The third kappa shape index (κ3) is 3.45. The van der Waals surface area contributed by atoms with Gasteiger partial charge in [-0.3, -0.25) is 4.79 Å². The Hall–Kier alpha value is -1.35. The number of para-hydroxylation sites is 1. The summed E-state index contributed by atoms with van der Waals surface area (Å²) in [6, 6.07) is 9.09. The summed E-state index contributed by atoms with van der Waals surface area (Å²) in [5.74, 6) is 0.771. The molecule has 2 N–H and O–H groups in total. The molecule has 1 aliphatic heterocycles. The van der Waals surface area contributed by atoms with Gasteiger partial charge in [0, 0.05) is 11.2 Å². The monoisotopic (exact) mass is 315 g/mol. The van der Waals surface area contributed by atoms with Gasteiger partial charge in [0.05, 0.1) is 6.04 Å². The molecular weight excluding hydrogens is 284 g/mol. The Morgan fingerprint density at radius 1 is 1.22 bits per heavy atom. The molecule has 2 aliphatic rings. The van der Waals surface area contributed by atoms with Crippen molar-refractivity contribution in [2.24, 2.45) is 0 Å². The largest absolute Gasteiger partial charge is 0.336 e. The van der Waals surface area contributed by atoms with E-state index in [4.69, 9.17) is 0 Å². The molecule has 0 unspecified atom stereocenters. The van der Waals surface area contributed by atoms with Crippen LogP contribution >= 0.6 is 0 Å². The van der Waals surface area contributed by atoms with E-state index >= 15 is 0 Å². The number of nitrogens with zero attached hydrogens (tertiary/aromatic N) is 1. The highest BCUT2D eigenvalue weighted by atomic mass is 16.2. The molecule has 1 atom stereocenters. The zero-order valence-corrected chi connectivity index (χ0v) is 14.8. The van der Waals surface area contributed by atoms with Crippen LogP contribution in [0.15, 0.2) is 24.3 Å². The Kier molecular flexibility index (Phi) is 4.77. The summed E-state index contributed by atoms with van der Waals surface area (Å²) in [5, 5.41) is 2.29. The van der Waals surface area contributed by atoms with Crippen molar-refractivity contribution >= 4 is 11.6 Å². The minimum Gasteiger partial charge on any atom is -0.336 e. The van der Waals surface area contributed by atoms with Crippen LogP contribution in [-0.4, -0.2) is 24.0 Å². The van der Waals surface area contributed by atoms with Gasteiger partial charge in [-0.25, -0.2) is 0 Å². The molecule has 23 heavy (non-hydrogen) atoms. The number of carbonyl (C=O) groups excluding carboxylic acids is 1. The van der Waals surface area contributed by atoms with E-state index in [2.05, 4.69) is 55.3 Å². The van der Waals surface area contributed by atoms with Crippen LogP contribution in [-0.2, 0) is 4.79 Å². The number of hydrogen-bond donors (Lipinski definition) is 1. The van der Waals surface area contributed by atoms with Crippen molar-refractivity contribution in [1.29, 1.82) is 0 Å². The highest BCUT2D eigenvalue weighted by molar-refractivity contribution is 5.96. The normalized spacial score (nSPS) is 24.3. The lowest BCUT2D eigenvalue weighted by atomic mass is 9.80. The molecule has 1 saturated carbocycles. The van der Waals surface area contributed by atoms with Crippen LogP contribution in [0.4, 0.5) is 5.69 Å². The maximum atomic E-state index is 13.0. The van der Waals surface area contributed by atoms with Gasteiger partial charge in [0.15, 0.2) is 6.54 Å². The zero-order chi connectivity index (χ0) is 16.4. The molecule has 1 aromatic rings. The van der Waals surface area contributed by atoms with E-state index in [0.717, 1.165) is 12.1 Å². The molecule has 3 nitrogen and oxygen atoms in total. The molecule has 0 bridgehead atoms. The van der Waals surface area contributed by atoms with Gasteiger partial charge < -0.3 is 10.2 Å². The first-order valence-corrected chi connectivity index (χ1v) is 9.24. The molecule has 1 amide bonds. The van der Waals surface area contributed by atoms with Crippen LogP contribution in [0.5, 0.6) is 0 Å². The van der Waals surface area contributed by atoms with Gasteiger partial charge in [-0.15, -0.1) is 0 Å². The molecule has 0 spiro atoms. The Morgan fingerprint density at radius 3 is 2.65 bits per heavy atom. The number of rotatable bonds is 3. The fraction of sp³-hybridized carbons (Fsp3) is 0.650. The second kappa shape index (κ2) is 6.64. The molecule has 1 aromatic carbocycles. The highest BCUT2D eigenvalue weighted by Crippen LogP contribution is 2.42. The van der Waals surface area contributed by atoms with E-state index < -0.39 is 0 Å². The summed E-state index contributed by atoms with van der Waals surface area (Å²) >= 11 is 0. The van der Waals surface area contributed by atoms with E-state index in [1.165, 1.54) is 37.7 Å². The molecule has 1 fully saturated rings. The van der Waals surface area contributed by atoms with Crippen LogP contribution in [0, 0.1) is 0 Å². The van der Waals surface area contributed by atoms with Crippen LogP contribution in [0.3, 0.4) is 0 Å². The van der Waals surface area contributed by atoms with E-state index in [0.29, 0.717) is 18.5 Å². The molecule has 3 heteroatoms. The first kappa shape index (κ1) is 16.5. The Labute approximate surface area is 140 Å². The number of quaternary nitrogens is 1. The first-order valence-electron chi connectivity index (χ1n) is 9.24. The molecule has 1 heterocycles. The van der Waals surface area contributed by atoms with Gasteiger partial charge >= 0.3 is 0 Å². The van der Waals surface area contributed by atoms with Crippen LogP contribution in [0.1, 0.15) is 70.8 Å². The van der Waals surface area contributed by atoms with Crippen molar-refractivity contribution in [3.05, 3.63) is 29.8 Å². The van der Waals surface area contributed by atoms with Crippen LogP contribution in [0.2, 0.25) is 0 Å². The number of anilines is 1. The van der Waals surface area contributed by atoms with Gasteiger partial charge in [0.25, 0.3) is 5.91 Å². The summed E-state index contributed by atoms with van der Waals surface area (Å²) in [7, 11) is 0. The average Bonchev–Trinajstić information content (AvgIpc) is 2.53. The third-order valence-corrected chi connectivity index (χ3v) is 5.64. The Morgan fingerprint density at radius 2 is 1.91 bits per heavy atom. The Balaban J connectivity index is 1.76. The second-order valence-corrected chi connectivity index (χ2v) is 8.04. The van der Waals surface area contributed by atoms with Crippen molar-refractivity contribution in [1.82, 2.24) is 0 Å². The van der Waals surface area contributed by atoms with Crippen molar-refractivity contribution in [3.8, 4) is 0 Å². The summed E-state index contributed by atoms with van der Waals surface area (Å²) in [4.78, 5) is 15.1. The number of benzene rings is 1. The maximum Gasteiger partial charge on any atom is 0.282 e. The van der Waals surface area contributed by atoms with Gasteiger partial charge in [-0.2, -0.15) is 0 Å². The lowest BCUT2D eigenvalue weighted by molar-refractivity contribution is -0.681. The fourth-order valence-electron chi connectivity index (χ4n) is 4.59. The van der Waals surface area contributed by atoms with E-state index in [1.807, 2.05) is 0 Å². The number of carbonyl (C=O) groups is 1. The SMILES string of the molecule is C[C@H]1CC(C)(C)N(C(=O)C[NH2+]C2CCCCC2)c2ccccc21. The van der Waals surface area contributed by atoms with E-state index in [-0.39, 0.29) is 11.4 Å². The first-order chi connectivity index (χ1) is 11.0. The van der Waals surface area contributed by atoms with Crippen LogP contribution in [0.25, 0.3) is 0 Å². The van der Waals surface area contributed by atoms with Crippen molar-refractivity contribution in [2.45, 2.75) is 76.8 Å². The summed E-state index contributed by atoms with van der Waals surface area (Å²) < 4.78 is 0. The standard InChI is InChI=1S/C20H30N2O/c1-15-13-20(2,3)22(18-12-8-7-11-17(15)18)19(23)14-21-16-9-5-4-6-10-16/h7-8,11-12,15-16,21H,4-6,9-10,13-14H2,1-3H3/p+1/t15-/m0/s1. The molecule has 0 saturated heterocycles. The smallest absolute Gasteiger partial charge is 0.282 e. The number of nitrogens with two attached hydrogens (primary N) is 1. The quantitative estimate of drug-likeness (QED) is 0.914. The van der Waals surface area contributed by atoms with Gasteiger partial charge in [-0.05, 0) is 63.5 Å². The predicted molar refractivity (Wildman–Crippen MR) is 94.7 cm³/mol. The number of amides is 1. The summed E-state index contributed by atoms with van der Waals surface area (Å²) in [6.07, 6.45) is 7.58. The predicted octanol–water partition coefficient (Wildman–Crippen LogP) is 3.20. The number of fused-ring (bicyclic) bond motifs is 1. The molecule has 0 radical (unpaired) electrons. The van der Waals surface area contributed by atoms with E-state index in [1.54, 1.807) is 0 Å². The van der Waals surface area contributed by atoms with Crippen molar-refractivity contribution in [2.75, 3.05) is 11.4 Å². The third-order valence-electron chi connectivity index (χ3n) is 5.64. The fourth-order valence-corrected chi connectivity index (χ4v) is 4.59. The summed E-state index contributed by atoms with van der Waals surface area (Å²) in [6.45, 7) is 7.27. The lowest BCUT2D eigenvalue weighted by Crippen LogP contribution is -2.92. The van der Waals surface area contributed by atoms with Gasteiger partial charge in [0.2, 0.25) is 0 Å². The average molecular weight is 315 g/mol. The topological polar surface area (TPSA) is 36.9 Å². The minimum atomic E-state index is -0.106. The Bertz CT molecular complexity index is 561. The minimum absolute atomic E-state index is 0.106. The maximum absolute atomic E-state index is 13.0. The van der Waals surface area contributed by atoms with E-state index in [9.17, 15) is 4.79 Å². The highest BCUT2D eigenvalue weighted by Gasteiger charge is 2.40. The van der Waals surface area contributed by atoms with Crippen molar-refractivity contribution in [3.63, 3.8) is 0 Å². The summed E-state index contributed by atoms with van der Waals surface area (Å²) in [5.41, 5.74) is 2.33. The second-order valence-electron chi connectivity index (χ2n) is 8.04. The molecule has 0 aromatic heterocycles. The van der Waals surface area contributed by atoms with Gasteiger partial charge in [0.1, 0.15) is 0 Å². The van der Waals surface area contributed by atoms with Gasteiger partial charge in [-0.1, -0.05) is 31.5 Å². The van der Waals surface area contributed by atoms with Crippen LogP contribution < -0.4 is 10.2 Å².